The average molecular weight is 411 g/mol. The number of nitrogens with one attached hydrogen (secondary N) is 1. The van der Waals surface area contributed by atoms with Crippen molar-refractivity contribution in [2.45, 2.75) is 19.9 Å². The highest BCUT2D eigenvalue weighted by atomic mass is 16.5. The molecule has 0 saturated carbocycles. The zero-order valence-electron chi connectivity index (χ0n) is 17.5. The second-order valence-electron chi connectivity index (χ2n) is 6.97. The molecular formula is C22H25N3O5. The summed E-state index contributed by atoms with van der Waals surface area (Å²) in [5, 5.41) is 3.11. The van der Waals surface area contributed by atoms with Crippen molar-refractivity contribution in [3.05, 3.63) is 68.9 Å². The van der Waals surface area contributed by atoms with Crippen molar-refractivity contribution in [1.82, 2.24) is 14.5 Å². The summed E-state index contributed by atoms with van der Waals surface area (Å²) in [4.78, 5) is 39.3. The lowest BCUT2D eigenvalue weighted by Crippen LogP contribution is -2.44. The number of hydrogen-bond acceptors (Lipinski definition) is 5. The molecule has 1 atom stereocenters. The molecule has 30 heavy (non-hydrogen) atoms. The van der Waals surface area contributed by atoms with E-state index in [-0.39, 0.29) is 5.91 Å². The van der Waals surface area contributed by atoms with Gasteiger partial charge in [-0.3, -0.25) is 14.2 Å². The summed E-state index contributed by atoms with van der Waals surface area (Å²) < 4.78 is 12.5. The van der Waals surface area contributed by atoms with Crippen molar-refractivity contribution in [3.8, 4) is 11.4 Å². The number of amides is 1. The Hall–Kier alpha value is -3.39. The number of aryl methyl sites for hydroxylation is 1. The lowest BCUT2D eigenvalue weighted by Gasteiger charge is -2.20. The normalized spacial score (nSPS) is 12.0. The lowest BCUT2D eigenvalue weighted by molar-refractivity contribution is -0.124. The molecule has 0 spiro atoms. The number of methoxy groups -OCH3 is 2. The van der Waals surface area contributed by atoms with Gasteiger partial charge < -0.3 is 14.8 Å². The molecule has 3 aromatic rings. The smallest absolute Gasteiger partial charge is 0.336 e. The Balaban J connectivity index is 2.24. The maximum atomic E-state index is 13.4. The molecule has 8 nitrogen and oxygen atoms in total. The molecule has 0 radical (unpaired) electrons. The monoisotopic (exact) mass is 411 g/mol. The molecule has 3 rings (SSSR count). The van der Waals surface area contributed by atoms with E-state index < -0.39 is 17.3 Å². The van der Waals surface area contributed by atoms with E-state index in [9.17, 15) is 14.4 Å². The third-order valence-corrected chi connectivity index (χ3v) is 4.95. The molecule has 2 aromatic carbocycles. The molecular weight excluding hydrogens is 386 g/mol. The van der Waals surface area contributed by atoms with Crippen LogP contribution in [-0.2, 0) is 9.53 Å². The Morgan fingerprint density at radius 1 is 1.10 bits per heavy atom. The SMILES string of the molecule is COCCNC(=O)[C@@H](C)n1c(=O)n(-c2ccc(OC)cc2)c(=O)c2cc(C)ccc21. The Morgan fingerprint density at radius 2 is 1.80 bits per heavy atom. The summed E-state index contributed by atoms with van der Waals surface area (Å²) in [6, 6.07) is 11.0. The fourth-order valence-electron chi connectivity index (χ4n) is 3.32. The Kier molecular flexibility index (Phi) is 6.37. The predicted octanol–water partition coefficient (Wildman–Crippen LogP) is 1.79. The molecule has 1 heterocycles. The number of rotatable bonds is 7. The van der Waals surface area contributed by atoms with Gasteiger partial charge in [0.25, 0.3) is 5.56 Å². The third kappa shape index (κ3) is 3.99. The Morgan fingerprint density at radius 3 is 2.43 bits per heavy atom. The molecule has 1 amide bonds. The first-order valence-corrected chi connectivity index (χ1v) is 9.58. The van der Waals surface area contributed by atoms with Gasteiger partial charge in [-0.05, 0) is 50.2 Å². The van der Waals surface area contributed by atoms with Crippen molar-refractivity contribution in [2.24, 2.45) is 0 Å². The summed E-state index contributed by atoms with van der Waals surface area (Å²) in [5.74, 6) is 0.269. The number of hydrogen-bond donors (Lipinski definition) is 1. The van der Waals surface area contributed by atoms with E-state index in [4.69, 9.17) is 9.47 Å². The van der Waals surface area contributed by atoms with Gasteiger partial charge in [0.15, 0.2) is 0 Å². The molecule has 0 aliphatic rings. The van der Waals surface area contributed by atoms with E-state index in [2.05, 4.69) is 5.32 Å². The van der Waals surface area contributed by atoms with E-state index in [0.717, 1.165) is 10.1 Å². The standard InChI is InChI=1S/C22H25N3O5/c1-14-5-10-19-18(13-14)21(27)25(16-6-8-17(30-4)9-7-16)22(28)24(19)15(2)20(26)23-11-12-29-3/h5-10,13,15H,11-12H2,1-4H3,(H,23,26)/t15-/m1/s1. The van der Waals surface area contributed by atoms with Crippen LogP contribution < -0.4 is 21.3 Å². The number of fused-ring (bicyclic) bond motifs is 1. The first-order chi connectivity index (χ1) is 14.4. The summed E-state index contributed by atoms with van der Waals surface area (Å²) in [6.45, 7) is 4.18. The van der Waals surface area contributed by atoms with Crippen LogP contribution in [0.15, 0.2) is 52.1 Å². The topological polar surface area (TPSA) is 91.6 Å². The fraction of sp³-hybridized carbons (Fsp3) is 0.318. The fourth-order valence-corrected chi connectivity index (χ4v) is 3.32. The number of carbonyl (C=O) groups excluding carboxylic acids is 1. The van der Waals surface area contributed by atoms with Gasteiger partial charge in [-0.1, -0.05) is 11.6 Å². The minimum atomic E-state index is -0.829. The van der Waals surface area contributed by atoms with Gasteiger partial charge in [-0.15, -0.1) is 0 Å². The molecule has 0 unspecified atom stereocenters. The van der Waals surface area contributed by atoms with Crippen LogP contribution in [0.1, 0.15) is 18.5 Å². The largest absolute Gasteiger partial charge is 0.497 e. The molecule has 1 aromatic heterocycles. The van der Waals surface area contributed by atoms with E-state index in [0.29, 0.717) is 35.5 Å². The highest BCUT2D eigenvalue weighted by Crippen LogP contribution is 2.18. The van der Waals surface area contributed by atoms with Gasteiger partial charge in [0.2, 0.25) is 5.91 Å². The van der Waals surface area contributed by atoms with E-state index in [1.165, 1.54) is 11.7 Å². The highest BCUT2D eigenvalue weighted by Gasteiger charge is 2.22. The van der Waals surface area contributed by atoms with Crippen molar-refractivity contribution in [1.29, 1.82) is 0 Å². The predicted molar refractivity (Wildman–Crippen MR) is 115 cm³/mol. The highest BCUT2D eigenvalue weighted by molar-refractivity contribution is 5.84. The maximum Gasteiger partial charge on any atom is 0.336 e. The maximum absolute atomic E-state index is 13.4. The van der Waals surface area contributed by atoms with Crippen molar-refractivity contribution >= 4 is 16.8 Å². The van der Waals surface area contributed by atoms with Crippen LogP contribution >= 0.6 is 0 Å². The molecule has 8 heteroatoms. The van der Waals surface area contributed by atoms with Gasteiger partial charge in [0.05, 0.1) is 30.3 Å². The average Bonchev–Trinajstić information content (AvgIpc) is 2.74. The van der Waals surface area contributed by atoms with Crippen LogP contribution in [0.25, 0.3) is 16.6 Å². The summed E-state index contributed by atoms with van der Waals surface area (Å²) >= 11 is 0. The zero-order valence-corrected chi connectivity index (χ0v) is 17.5. The second-order valence-corrected chi connectivity index (χ2v) is 6.97. The van der Waals surface area contributed by atoms with Crippen molar-refractivity contribution in [2.75, 3.05) is 27.4 Å². The van der Waals surface area contributed by atoms with Crippen LogP contribution in [0, 0.1) is 6.92 Å². The second kappa shape index (κ2) is 8.96. The van der Waals surface area contributed by atoms with Crippen LogP contribution in [0.4, 0.5) is 0 Å². The first-order valence-electron chi connectivity index (χ1n) is 9.58. The van der Waals surface area contributed by atoms with Gasteiger partial charge in [-0.25, -0.2) is 9.36 Å². The van der Waals surface area contributed by atoms with Crippen molar-refractivity contribution in [3.63, 3.8) is 0 Å². The Bertz CT molecular complexity index is 1180. The first kappa shape index (κ1) is 21.3. The summed E-state index contributed by atoms with van der Waals surface area (Å²) in [6.07, 6.45) is 0. The lowest BCUT2D eigenvalue weighted by atomic mass is 10.1. The third-order valence-electron chi connectivity index (χ3n) is 4.95. The molecule has 0 saturated heterocycles. The molecule has 1 N–H and O–H groups in total. The van der Waals surface area contributed by atoms with Crippen LogP contribution in [0.3, 0.4) is 0 Å². The molecule has 0 aliphatic carbocycles. The van der Waals surface area contributed by atoms with Crippen LogP contribution in [0.5, 0.6) is 5.75 Å². The number of nitrogens with zero attached hydrogens (tertiary/aromatic N) is 2. The number of ether oxygens (including phenoxy) is 2. The van der Waals surface area contributed by atoms with E-state index >= 15 is 0 Å². The minimum Gasteiger partial charge on any atom is -0.497 e. The summed E-state index contributed by atoms with van der Waals surface area (Å²) in [7, 11) is 3.08. The number of aromatic nitrogens is 2. The van der Waals surface area contributed by atoms with Crippen LogP contribution in [0.2, 0.25) is 0 Å². The van der Waals surface area contributed by atoms with Gasteiger partial charge >= 0.3 is 5.69 Å². The molecule has 0 fully saturated rings. The van der Waals surface area contributed by atoms with E-state index in [1.807, 2.05) is 13.0 Å². The van der Waals surface area contributed by atoms with Crippen molar-refractivity contribution < 1.29 is 14.3 Å². The Labute approximate surface area is 173 Å². The molecule has 158 valence electrons. The number of benzene rings is 2. The quantitative estimate of drug-likeness (QED) is 0.599. The molecule has 0 aliphatic heterocycles. The molecule has 0 bridgehead atoms. The van der Waals surface area contributed by atoms with Gasteiger partial charge in [-0.2, -0.15) is 0 Å². The minimum absolute atomic E-state index is 0.323. The van der Waals surface area contributed by atoms with Crippen LogP contribution in [-0.4, -0.2) is 42.4 Å². The van der Waals surface area contributed by atoms with E-state index in [1.54, 1.807) is 50.4 Å². The number of carbonyl (C=O) groups is 1. The van der Waals surface area contributed by atoms with Gasteiger partial charge in [0.1, 0.15) is 11.8 Å². The summed E-state index contributed by atoms with van der Waals surface area (Å²) in [5.41, 5.74) is 0.663. The van der Waals surface area contributed by atoms with Gasteiger partial charge in [0, 0.05) is 13.7 Å². The zero-order chi connectivity index (χ0) is 21.8.